The topological polar surface area (TPSA) is 44.5 Å². The monoisotopic (exact) mass is 263 g/mol. The van der Waals surface area contributed by atoms with Crippen LogP contribution in [0.4, 0.5) is 13.2 Å². The quantitative estimate of drug-likeness (QED) is 0.888. The van der Waals surface area contributed by atoms with Gasteiger partial charge in [0.1, 0.15) is 5.75 Å². The standard InChI is InChI=1S/C12H16F3NO2/c1-3-17-8(2)11(16)9-5-4-6-10(7-9)18-12(13,14)15/h4-8,11H,3,16H2,1-2H3. The molecule has 0 aliphatic rings. The zero-order chi connectivity index (χ0) is 13.8. The fraction of sp³-hybridized carbons (Fsp3) is 0.500. The van der Waals surface area contributed by atoms with Crippen LogP contribution in [0.3, 0.4) is 0 Å². The van der Waals surface area contributed by atoms with Gasteiger partial charge in [0, 0.05) is 6.61 Å². The summed E-state index contributed by atoms with van der Waals surface area (Å²) < 4.78 is 45.4. The maximum absolute atomic E-state index is 12.1. The lowest BCUT2D eigenvalue weighted by Gasteiger charge is -2.20. The van der Waals surface area contributed by atoms with E-state index in [1.165, 1.54) is 18.2 Å². The van der Waals surface area contributed by atoms with Crippen LogP contribution in [0.1, 0.15) is 25.5 Å². The Morgan fingerprint density at radius 3 is 2.56 bits per heavy atom. The SMILES string of the molecule is CCOC(C)C(N)c1cccc(OC(F)(F)F)c1. The third-order valence-corrected chi connectivity index (χ3v) is 2.41. The molecule has 2 atom stereocenters. The number of rotatable bonds is 5. The van der Waals surface area contributed by atoms with Crippen LogP contribution in [-0.4, -0.2) is 19.1 Å². The Balaban J connectivity index is 2.81. The molecule has 0 spiro atoms. The maximum Gasteiger partial charge on any atom is 0.573 e. The zero-order valence-electron chi connectivity index (χ0n) is 10.2. The summed E-state index contributed by atoms with van der Waals surface area (Å²) in [6.45, 7) is 4.09. The Bertz CT molecular complexity index is 382. The third-order valence-electron chi connectivity index (χ3n) is 2.41. The molecule has 18 heavy (non-hydrogen) atoms. The summed E-state index contributed by atoms with van der Waals surface area (Å²) in [5, 5.41) is 0. The fourth-order valence-corrected chi connectivity index (χ4v) is 1.56. The lowest BCUT2D eigenvalue weighted by Crippen LogP contribution is -2.26. The predicted octanol–water partition coefficient (Wildman–Crippen LogP) is 3.01. The van der Waals surface area contributed by atoms with Crippen molar-refractivity contribution in [1.82, 2.24) is 0 Å². The van der Waals surface area contributed by atoms with E-state index in [-0.39, 0.29) is 11.9 Å². The molecule has 0 aliphatic heterocycles. The third kappa shape index (κ3) is 4.54. The molecule has 0 aromatic heterocycles. The minimum absolute atomic E-state index is 0.279. The summed E-state index contributed by atoms with van der Waals surface area (Å²) in [6.07, 6.45) is -4.98. The number of benzene rings is 1. The molecular formula is C12H16F3NO2. The van der Waals surface area contributed by atoms with Crippen molar-refractivity contribution >= 4 is 0 Å². The van der Waals surface area contributed by atoms with Crippen LogP contribution in [0, 0.1) is 0 Å². The van der Waals surface area contributed by atoms with E-state index in [1.807, 2.05) is 6.92 Å². The van der Waals surface area contributed by atoms with Crippen molar-refractivity contribution in [3.8, 4) is 5.75 Å². The minimum Gasteiger partial charge on any atom is -0.406 e. The first-order chi connectivity index (χ1) is 8.33. The highest BCUT2D eigenvalue weighted by Crippen LogP contribution is 2.26. The first-order valence-electron chi connectivity index (χ1n) is 5.56. The highest BCUT2D eigenvalue weighted by molar-refractivity contribution is 5.31. The minimum atomic E-state index is -4.70. The molecule has 0 amide bonds. The molecule has 6 heteroatoms. The maximum atomic E-state index is 12.1. The Labute approximate surface area is 104 Å². The van der Waals surface area contributed by atoms with E-state index >= 15 is 0 Å². The van der Waals surface area contributed by atoms with Gasteiger partial charge in [0.2, 0.25) is 0 Å². The van der Waals surface area contributed by atoms with Gasteiger partial charge in [0.15, 0.2) is 0 Å². The van der Waals surface area contributed by atoms with Crippen molar-refractivity contribution in [2.75, 3.05) is 6.61 Å². The van der Waals surface area contributed by atoms with Crippen LogP contribution in [0.25, 0.3) is 0 Å². The normalized spacial score (nSPS) is 15.2. The summed E-state index contributed by atoms with van der Waals surface area (Å²) in [5.41, 5.74) is 6.43. The molecule has 3 nitrogen and oxygen atoms in total. The highest BCUT2D eigenvalue weighted by atomic mass is 19.4. The molecule has 0 saturated heterocycles. The zero-order valence-corrected chi connectivity index (χ0v) is 10.2. The van der Waals surface area contributed by atoms with Crippen LogP contribution in [-0.2, 0) is 4.74 Å². The van der Waals surface area contributed by atoms with Gasteiger partial charge in [-0.25, -0.2) is 0 Å². The first kappa shape index (κ1) is 14.8. The van der Waals surface area contributed by atoms with Gasteiger partial charge in [-0.05, 0) is 31.5 Å². The molecule has 0 aliphatic carbocycles. The van der Waals surface area contributed by atoms with Crippen LogP contribution in [0.2, 0.25) is 0 Å². The van der Waals surface area contributed by atoms with Crippen molar-refractivity contribution in [3.63, 3.8) is 0 Å². The molecule has 1 aromatic rings. The summed E-state index contributed by atoms with van der Waals surface area (Å²) in [5.74, 6) is -0.279. The van der Waals surface area contributed by atoms with Crippen LogP contribution in [0.15, 0.2) is 24.3 Å². The number of hydrogen-bond acceptors (Lipinski definition) is 3. The Morgan fingerprint density at radius 1 is 1.33 bits per heavy atom. The van der Waals surface area contributed by atoms with Crippen LogP contribution < -0.4 is 10.5 Å². The van der Waals surface area contributed by atoms with E-state index in [4.69, 9.17) is 10.5 Å². The molecule has 0 fully saturated rings. The average molecular weight is 263 g/mol. The lowest BCUT2D eigenvalue weighted by atomic mass is 10.0. The Kier molecular flexibility index (Phi) is 4.98. The van der Waals surface area contributed by atoms with Gasteiger partial charge in [0.05, 0.1) is 12.1 Å². The second-order valence-corrected chi connectivity index (χ2v) is 3.81. The van der Waals surface area contributed by atoms with Crippen molar-refractivity contribution in [2.45, 2.75) is 32.4 Å². The number of alkyl halides is 3. The molecule has 0 saturated carbocycles. The van der Waals surface area contributed by atoms with E-state index in [0.29, 0.717) is 12.2 Å². The van der Waals surface area contributed by atoms with Gasteiger partial charge in [0.25, 0.3) is 0 Å². The van der Waals surface area contributed by atoms with Gasteiger partial charge >= 0.3 is 6.36 Å². The number of hydrogen-bond donors (Lipinski definition) is 1. The van der Waals surface area contributed by atoms with Crippen LogP contribution >= 0.6 is 0 Å². The molecule has 102 valence electrons. The summed E-state index contributed by atoms with van der Waals surface area (Å²) in [4.78, 5) is 0. The fourth-order valence-electron chi connectivity index (χ4n) is 1.56. The molecular weight excluding hydrogens is 247 g/mol. The van der Waals surface area contributed by atoms with E-state index in [9.17, 15) is 13.2 Å². The van der Waals surface area contributed by atoms with E-state index in [1.54, 1.807) is 13.0 Å². The molecule has 2 N–H and O–H groups in total. The highest BCUT2D eigenvalue weighted by Gasteiger charge is 2.31. The number of halogens is 3. The number of nitrogens with two attached hydrogens (primary N) is 1. The van der Waals surface area contributed by atoms with E-state index in [2.05, 4.69) is 4.74 Å². The molecule has 2 unspecified atom stereocenters. The van der Waals surface area contributed by atoms with Crippen molar-refractivity contribution in [1.29, 1.82) is 0 Å². The molecule has 0 bridgehead atoms. The van der Waals surface area contributed by atoms with E-state index in [0.717, 1.165) is 0 Å². The molecule has 0 heterocycles. The van der Waals surface area contributed by atoms with Gasteiger partial charge in [-0.1, -0.05) is 12.1 Å². The summed E-state index contributed by atoms with van der Waals surface area (Å²) >= 11 is 0. The molecule has 1 aromatic carbocycles. The lowest BCUT2D eigenvalue weighted by molar-refractivity contribution is -0.274. The number of ether oxygens (including phenoxy) is 2. The Hall–Kier alpha value is -1.27. The Morgan fingerprint density at radius 2 is 2.00 bits per heavy atom. The second kappa shape index (κ2) is 6.06. The van der Waals surface area contributed by atoms with E-state index < -0.39 is 12.4 Å². The second-order valence-electron chi connectivity index (χ2n) is 3.81. The van der Waals surface area contributed by atoms with Gasteiger partial charge in [-0.15, -0.1) is 13.2 Å². The first-order valence-corrected chi connectivity index (χ1v) is 5.56. The largest absolute Gasteiger partial charge is 0.573 e. The molecule has 1 rings (SSSR count). The van der Waals surface area contributed by atoms with Crippen molar-refractivity contribution < 1.29 is 22.6 Å². The smallest absolute Gasteiger partial charge is 0.406 e. The van der Waals surface area contributed by atoms with Gasteiger partial charge < -0.3 is 15.2 Å². The molecule has 0 radical (unpaired) electrons. The predicted molar refractivity (Wildman–Crippen MR) is 61.1 cm³/mol. The average Bonchev–Trinajstić information content (AvgIpc) is 2.26. The van der Waals surface area contributed by atoms with Crippen molar-refractivity contribution in [3.05, 3.63) is 29.8 Å². The van der Waals surface area contributed by atoms with Gasteiger partial charge in [-0.3, -0.25) is 0 Å². The van der Waals surface area contributed by atoms with Crippen molar-refractivity contribution in [2.24, 2.45) is 5.73 Å². The summed E-state index contributed by atoms with van der Waals surface area (Å²) in [7, 11) is 0. The van der Waals surface area contributed by atoms with Crippen LogP contribution in [0.5, 0.6) is 5.75 Å². The summed E-state index contributed by atoms with van der Waals surface area (Å²) in [6, 6.07) is 5.11. The van der Waals surface area contributed by atoms with Gasteiger partial charge in [-0.2, -0.15) is 0 Å².